The molecule has 0 unspecified atom stereocenters. The second-order valence-electron chi connectivity index (χ2n) is 5.33. The zero-order valence-electron chi connectivity index (χ0n) is 11.9. The quantitative estimate of drug-likeness (QED) is 0.855. The molecule has 1 heterocycles. The first kappa shape index (κ1) is 13.8. The van der Waals surface area contributed by atoms with Gasteiger partial charge in [-0.15, -0.1) is 5.10 Å². The maximum atomic E-state index is 12.0. The number of nitrogens with one attached hydrogen (secondary N) is 1. The molecule has 0 saturated heterocycles. The third kappa shape index (κ3) is 3.28. The van der Waals surface area contributed by atoms with Crippen molar-refractivity contribution in [1.29, 1.82) is 0 Å². The minimum absolute atomic E-state index is 0.0999. The summed E-state index contributed by atoms with van der Waals surface area (Å²) in [4.78, 5) is 12.0. The molecular formula is C15H19N5O. The van der Waals surface area contributed by atoms with E-state index in [1.54, 1.807) is 6.20 Å². The molecular weight excluding hydrogens is 266 g/mol. The Kier molecular flexibility index (Phi) is 3.96. The topological polar surface area (TPSA) is 85.8 Å². The van der Waals surface area contributed by atoms with E-state index in [9.17, 15) is 4.79 Å². The van der Waals surface area contributed by atoms with Gasteiger partial charge in [0.05, 0.1) is 5.69 Å². The van der Waals surface area contributed by atoms with Gasteiger partial charge in [-0.05, 0) is 49.1 Å². The number of aryl methyl sites for hydroxylation is 2. The van der Waals surface area contributed by atoms with Gasteiger partial charge in [0.2, 0.25) is 5.91 Å². The Hall–Kier alpha value is -2.21. The monoisotopic (exact) mass is 285 g/mol. The summed E-state index contributed by atoms with van der Waals surface area (Å²) < 4.78 is 1.54. The summed E-state index contributed by atoms with van der Waals surface area (Å²) in [5.41, 5.74) is 9.86. The molecule has 0 fully saturated rings. The largest absolute Gasteiger partial charge is 0.330 e. The number of carbonyl (C=O) groups is 1. The van der Waals surface area contributed by atoms with Crippen LogP contribution in [0.2, 0.25) is 0 Å². The third-order valence-electron chi connectivity index (χ3n) is 3.67. The summed E-state index contributed by atoms with van der Waals surface area (Å²) in [5.74, 6) is -0.0999. The van der Waals surface area contributed by atoms with E-state index >= 15 is 0 Å². The number of fused-ring (bicyclic) bond motifs is 1. The lowest BCUT2D eigenvalue weighted by molar-refractivity contribution is -0.116. The van der Waals surface area contributed by atoms with Crippen LogP contribution < -0.4 is 11.1 Å². The van der Waals surface area contributed by atoms with Crippen LogP contribution in [0.4, 0.5) is 5.69 Å². The molecule has 0 aliphatic heterocycles. The van der Waals surface area contributed by atoms with Crippen molar-refractivity contribution in [3.8, 4) is 0 Å². The van der Waals surface area contributed by atoms with Crippen LogP contribution in [0, 0.1) is 0 Å². The number of carbonyl (C=O) groups excluding carboxylic acids is 1. The van der Waals surface area contributed by atoms with Crippen LogP contribution in [0.25, 0.3) is 0 Å². The second kappa shape index (κ2) is 6.05. The zero-order chi connectivity index (χ0) is 14.7. The van der Waals surface area contributed by atoms with Crippen LogP contribution in [0.3, 0.4) is 0 Å². The van der Waals surface area contributed by atoms with E-state index in [1.807, 2.05) is 6.07 Å². The average molecular weight is 285 g/mol. The van der Waals surface area contributed by atoms with Gasteiger partial charge in [-0.1, -0.05) is 11.3 Å². The number of anilines is 1. The van der Waals surface area contributed by atoms with Gasteiger partial charge in [-0.2, -0.15) is 0 Å². The summed E-state index contributed by atoms with van der Waals surface area (Å²) in [6, 6.07) is 6.14. The summed E-state index contributed by atoms with van der Waals surface area (Å²) >= 11 is 0. The Morgan fingerprint density at radius 3 is 3.05 bits per heavy atom. The maximum absolute atomic E-state index is 12.0. The molecule has 0 bridgehead atoms. The van der Waals surface area contributed by atoms with Crippen molar-refractivity contribution in [3.63, 3.8) is 0 Å². The van der Waals surface area contributed by atoms with E-state index in [1.165, 1.54) is 22.2 Å². The maximum Gasteiger partial charge on any atom is 0.246 e. The molecule has 1 aliphatic carbocycles. The van der Waals surface area contributed by atoms with E-state index in [2.05, 4.69) is 27.8 Å². The molecule has 110 valence electrons. The van der Waals surface area contributed by atoms with Crippen LogP contribution in [-0.4, -0.2) is 27.4 Å². The van der Waals surface area contributed by atoms with Gasteiger partial charge in [-0.25, -0.2) is 4.68 Å². The molecule has 0 saturated carbocycles. The van der Waals surface area contributed by atoms with Crippen molar-refractivity contribution in [2.45, 2.75) is 32.2 Å². The van der Waals surface area contributed by atoms with Crippen molar-refractivity contribution in [2.24, 2.45) is 5.73 Å². The van der Waals surface area contributed by atoms with E-state index in [0.29, 0.717) is 13.0 Å². The zero-order valence-corrected chi connectivity index (χ0v) is 11.9. The summed E-state index contributed by atoms with van der Waals surface area (Å²) in [6.07, 6.45) is 5.88. The highest BCUT2D eigenvalue weighted by atomic mass is 16.2. The Morgan fingerprint density at radius 1 is 1.33 bits per heavy atom. The lowest BCUT2D eigenvalue weighted by Crippen LogP contribution is -2.19. The van der Waals surface area contributed by atoms with Crippen LogP contribution in [0.5, 0.6) is 0 Å². The molecule has 1 aromatic carbocycles. The highest BCUT2D eigenvalue weighted by Crippen LogP contribution is 2.24. The lowest BCUT2D eigenvalue weighted by atomic mass is 10.1. The van der Waals surface area contributed by atoms with Gasteiger partial charge in [0.15, 0.2) is 0 Å². The van der Waals surface area contributed by atoms with E-state index in [-0.39, 0.29) is 12.5 Å². The van der Waals surface area contributed by atoms with Crippen molar-refractivity contribution in [1.82, 2.24) is 15.0 Å². The van der Waals surface area contributed by atoms with Crippen LogP contribution >= 0.6 is 0 Å². The second-order valence-corrected chi connectivity index (χ2v) is 5.33. The smallest absolute Gasteiger partial charge is 0.246 e. The minimum atomic E-state index is -0.0999. The van der Waals surface area contributed by atoms with Crippen molar-refractivity contribution < 1.29 is 4.79 Å². The first-order valence-corrected chi connectivity index (χ1v) is 7.25. The fraction of sp³-hybridized carbons (Fsp3) is 0.400. The molecule has 1 aromatic heterocycles. The van der Waals surface area contributed by atoms with Crippen molar-refractivity contribution in [2.75, 3.05) is 11.9 Å². The standard InChI is InChI=1S/C15H19N5O/c16-7-6-14-9-20(19-18-14)10-15(21)17-13-5-4-11-2-1-3-12(11)8-13/h4-5,8-9H,1-3,6-7,10,16H2,(H,17,21). The van der Waals surface area contributed by atoms with Gasteiger partial charge in [0.1, 0.15) is 6.54 Å². The Morgan fingerprint density at radius 2 is 2.19 bits per heavy atom. The number of aromatic nitrogens is 3. The molecule has 21 heavy (non-hydrogen) atoms. The van der Waals surface area contributed by atoms with Gasteiger partial charge >= 0.3 is 0 Å². The molecule has 3 N–H and O–H groups in total. The Bertz CT molecular complexity index is 649. The van der Waals surface area contributed by atoms with E-state index in [4.69, 9.17) is 5.73 Å². The summed E-state index contributed by atoms with van der Waals surface area (Å²) in [5, 5.41) is 10.8. The number of rotatable bonds is 5. The van der Waals surface area contributed by atoms with Gasteiger partial charge in [0.25, 0.3) is 0 Å². The van der Waals surface area contributed by atoms with Gasteiger partial charge in [-0.3, -0.25) is 4.79 Å². The number of hydrogen-bond acceptors (Lipinski definition) is 4. The lowest BCUT2D eigenvalue weighted by Gasteiger charge is -2.07. The van der Waals surface area contributed by atoms with Crippen LogP contribution in [0.15, 0.2) is 24.4 Å². The normalized spacial score (nSPS) is 13.2. The molecule has 0 spiro atoms. The first-order valence-electron chi connectivity index (χ1n) is 7.25. The fourth-order valence-corrected chi connectivity index (χ4v) is 2.68. The first-order chi connectivity index (χ1) is 10.2. The molecule has 3 rings (SSSR count). The molecule has 1 amide bonds. The molecule has 6 nitrogen and oxygen atoms in total. The van der Waals surface area contributed by atoms with Crippen molar-refractivity contribution in [3.05, 3.63) is 41.2 Å². The van der Waals surface area contributed by atoms with Crippen LogP contribution in [-0.2, 0) is 30.6 Å². The molecule has 6 heteroatoms. The predicted molar refractivity (Wildman–Crippen MR) is 79.9 cm³/mol. The van der Waals surface area contributed by atoms with Gasteiger partial charge < -0.3 is 11.1 Å². The Labute approximate surface area is 123 Å². The summed E-state index contributed by atoms with van der Waals surface area (Å²) in [7, 11) is 0. The third-order valence-corrected chi connectivity index (χ3v) is 3.67. The number of amides is 1. The van der Waals surface area contributed by atoms with E-state index in [0.717, 1.165) is 24.2 Å². The SMILES string of the molecule is NCCc1cn(CC(=O)Nc2ccc3c(c2)CCC3)nn1. The van der Waals surface area contributed by atoms with Crippen LogP contribution in [0.1, 0.15) is 23.2 Å². The highest BCUT2D eigenvalue weighted by molar-refractivity contribution is 5.90. The molecule has 0 radical (unpaired) electrons. The minimum Gasteiger partial charge on any atom is -0.330 e. The number of nitrogens with two attached hydrogens (primary N) is 1. The highest BCUT2D eigenvalue weighted by Gasteiger charge is 2.12. The number of benzene rings is 1. The fourth-order valence-electron chi connectivity index (χ4n) is 2.68. The number of nitrogens with zero attached hydrogens (tertiary/aromatic N) is 3. The Balaban J connectivity index is 1.60. The number of hydrogen-bond donors (Lipinski definition) is 2. The van der Waals surface area contributed by atoms with Crippen molar-refractivity contribution >= 4 is 11.6 Å². The molecule has 2 aromatic rings. The predicted octanol–water partition coefficient (Wildman–Crippen LogP) is 0.907. The molecule has 1 aliphatic rings. The molecule has 0 atom stereocenters. The average Bonchev–Trinajstić information content (AvgIpc) is 3.08. The summed E-state index contributed by atoms with van der Waals surface area (Å²) in [6.45, 7) is 0.689. The van der Waals surface area contributed by atoms with Gasteiger partial charge in [0, 0.05) is 18.3 Å². The van der Waals surface area contributed by atoms with E-state index < -0.39 is 0 Å².